The van der Waals surface area contributed by atoms with Crippen molar-refractivity contribution in [1.29, 1.82) is 0 Å². The number of hydrogen-bond donors (Lipinski definition) is 1. The number of fused-ring (bicyclic) bond motifs is 1. The van der Waals surface area contributed by atoms with Crippen LogP contribution in [0, 0.1) is 6.92 Å². The Balaban J connectivity index is 1.99. The molecule has 1 aromatic heterocycles. The molecular formula is C12H15N5. The number of nitrogens with one attached hydrogen (secondary N) is 1. The lowest BCUT2D eigenvalue weighted by Crippen LogP contribution is -2.26. The fourth-order valence-corrected chi connectivity index (χ4v) is 2.08. The van der Waals surface area contributed by atoms with Crippen LogP contribution in [0.15, 0.2) is 23.5 Å². The molecule has 1 aliphatic rings. The standard InChI is InChI=1S/C12H15N5/c1-9-10(15-17-6-5-13-7-17)3-4-11-12(9)14-8-16(11)2/h3-4,7-8,15H,5-6H2,1-2H3. The molecule has 0 saturated heterocycles. The van der Waals surface area contributed by atoms with Crippen LogP contribution in [0.1, 0.15) is 5.56 Å². The Labute approximate surface area is 99.7 Å². The number of imidazole rings is 1. The van der Waals surface area contributed by atoms with E-state index in [4.69, 9.17) is 0 Å². The monoisotopic (exact) mass is 229 g/mol. The lowest BCUT2D eigenvalue weighted by molar-refractivity contribution is 0.557. The zero-order chi connectivity index (χ0) is 11.8. The van der Waals surface area contributed by atoms with Gasteiger partial charge in [-0.05, 0) is 19.1 Å². The first-order valence-corrected chi connectivity index (χ1v) is 5.69. The molecule has 2 heterocycles. The minimum atomic E-state index is 0.859. The molecule has 0 fully saturated rings. The number of hydrogen-bond acceptors (Lipinski definition) is 4. The number of aromatic nitrogens is 2. The van der Waals surface area contributed by atoms with Crippen LogP contribution in [0.3, 0.4) is 0 Å². The fraction of sp³-hybridized carbons (Fsp3) is 0.333. The van der Waals surface area contributed by atoms with Crippen molar-refractivity contribution in [3.05, 3.63) is 24.0 Å². The topological polar surface area (TPSA) is 45.4 Å². The van der Waals surface area contributed by atoms with E-state index in [1.165, 1.54) is 5.56 Å². The van der Waals surface area contributed by atoms with E-state index in [9.17, 15) is 0 Å². The first-order valence-electron chi connectivity index (χ1n) is 5.69. The maximum Gasteiger partial charge on any atom is 0.104 e. The predicted molar refractivity (Wildman–Crippen MR) is 69.1 cm³/mol. The van der Waals surface area contributed by atoms with Crippen LogP contribution in [0.2, 0.25) is 0 Å². The molecule has 1 aliphatic heterocycles. The molecule has 0 radical (unpaired) electrons. The second kappa shape index (κ2) is 3.76. The van der Waals surface area contributed by atoms with Gasteiger partial charge in [0.1, 0.15) is 6.34 Å². The van der Waals surface area contributed by atoms with Crippen LogP contribution in [0.5, 0.6) is 0 Å². The van der Waals surface area contributed by atoms with Gasteiger partial charge in [-0.2, -0.15) is 0 Å². The van der Waals surface area contributed by atoms with E-state index in [-0.39, 0.29) is 0 Å². The molecule has 0 bridgehead atoms. The maximum atomic E-state index is 4.42. The molecular weight excluding hydrogens is 214 g/mol. The molecule has 5 nitrogen and oxygen atoms in total. The molecule has 1 N–H and O–H groups in total. The Morgan fingerprint density at radius 3 is 3.00 bits per heavy atom. The molecule has 5 heteroatoms. The molecule has 3 rings (SSSR count). The lowest BCUT2D eigenvalue weighted by Gasteiger charge is -2.18. The van der Waals surface area contributed by atoms with Gasteiger partial charge in [0.15, 0.2) is 0 Å². The highest BCUT2D eigenvalue weighted by Gasteiger charge is 2.10. The van der Waals surface area contributed by atoms with Crippen molar-refractivity contribution in [2.24, 2.45) is 12.0 Å². The smallest absolute Gasteiger partial charge is 0.104 e. The van der Waals surface area contributed by atoms with Crippen LogP contribution in [0.25, 0.3) is 11.0 Å². The van der Waals surface area contributed by atoms with Crippen molar-refractivity contribution in [2.45, 2.75) is 6.92 Å². The molecule has 0 spiro atoms. The molecule has 0 amide bonds. The summed E-state index contributed by atoms with van der Waals surface area (Å²) in [4.78, 5) is 8.60. The SMILES string of the molecule is Cc1c(NN2C=NCC2)ccc2c1ncn2C. The number of aliphatic imine (C=N–C) groups is 1. The molecule has 0 unspecified atom stereocenters. The van der Waals surface area contributed by atoms with Gasteiger partial charge < -0.3 is 4.57 Å². The summed E-state index contributed by atoms with van der Waals surface area (Å²) in [5.74, 6) is 0. The van der Waals surface area contributed by atoms with Gasteiger partial charge in [-0.15, -0.1) is 0 Å². The number of rotatable bonds is 2. The van der Waals surface area contributed by atoms with Crippen LogP contribution < -0.4 is 5.43 Å². The minimum Gasteiger partial charge on any atom is -0.334 e. The van der Waals surface area contributed by atoms with Gasteiger partial charge >= 0.3 is 0 Å². The Morgan fingerprint density at radius 2 is 2.24 bits per heavy atom. The largest absolute Gasteiger partial charge is 0.334 e. The molecule has 0 saturated carbocycles. The van der Waals surface area contributed by atoms with Crippen molar-refractivity contribution in [2.75, 3.05) is 18.5 Å². The number of aryl methyl sites for hydroxylation is 2. The van der Waals surface area contributed by atoms with Crippen molar-refractivity contribution >= 4 is 23.1 Å². The highest BCUT2D eigenvalue weighted by molar-refractivity contribution is 5.84. The summed E-state index contributed by atoms with van der Waals surface area (Å²) in [6, 6.07) is 4.18. The lowest BCUT2D eigenvalue weighted by atomic mass is 10.1. The first-order chi connectivity index (χ1) is 8.25. The zero-order valence-corrected chi connectivity index (χ0v) is 10.0. The Morgan fingerprint density at radius 1 is 1.35 bits per heavy atom. The van der Waals surface area contributed by atoms with E-state index in [0.29, 0.717) is 0 Å². The Bertz CT molecular complexity index is 584. The van der Waals surface area contributed by atoms with Gasteiger partial charge in [-0.25, -0.2) is 4.98 Å². The van der Waals surface area contributed by atoms with Gasteiger partial charge in [0.2, 0.25) is 0 Å². The number of anilines is 1. The molecule has 17 heavy (non-hydrogen) atoms. The number of hydrazine groups is 1. The van der Waals surface area contributed by atoms with Crippen molar-refractivity contribution in [3.8, 4) is 0 Å². The Kier molecular flexibility index (Phi) is 2.24. The van der Waals surface area contributed by atoms with Crippen molar-refractivity contribution in [1.82, 2.24) is 14.6 Å². The zero-order valence-electron chi connectivity index (χ0n) is 10.0. The van der Waals surface area contributed by atoms with Gasteiger partial charge in [-0.1, -0.05) is 0 Å². The van der Waals surface area contributed by atoms with E-state index in [2.05, 4.69) is 34.5 Å². The normalized spacial score (nSPS) is 14.8. The third-order valence-corrected chi connectivity index (χ3v) is 3.10. The maximum absolute atomic E-state index is 4.42. The summed E-state index contributed by atoms with van der Waals surface area (Å²) in [5, 5.41) is 2.00. The van der Waals surface area contributed by atoms with Crippen LogP contribution >= 0.6 is 0 Å². The van der Waals surface area contributed by atoms with Crippen LogP contribution in [-0.4, -0.2) is 34.0 Å². The average molecular weight is 229 g/mol. The van der Waals surface area contributed by atoms with Gasteiger partial charge in [0, 0.05) is 12.6 Å². The van der Waals surface area contributed by atoms with E-state index in [0.717, 1.165) is 29.8 Å². The summed E-state index contributed by atoms with van der Waals surface area (Å²) in [7, 11) is 2.01. The van der Waals surface area contributed by atoms with Crippen LogP contribution in [0.4, 0.5) is 5.69 Å². The fourth-order valence-electron chi connectivity index (χ4n) is 2.08. The molecule has 0 atom stereocenters. The summed E-state index contributed by atoms with van der Waals surface area (Å²) >= 11 is 0. The highest BCUT2D eigenvalue weighted by atomic mass is 15.5. The van der Waals surface area contributed by atoms with E-state index < -0.39 is 0 Å². The first kappa shape index (κ1) is 10.1. The summed E-state index contributed by atoms with van der Waals surface area (Å²) < 4.78 is 2.03. The van der Waals surface area contributed by atoms with E-state index in [1.807, 2.05) is 29.3 Å². The predicted octanol–water partition coefficient (Wildman–Crippen LogP) is 1.55. The van der Waals surface area contributed by atoms with Crippen LogP contribution in [-0.2, 0) is 7.05 Å². The van der Waals surface area contributed by atoms with Crippen molar-refractivity contribution in [3.63, 3.8) is 0 Å². The van der Waals surface area contributed by atoms with Crippen molar-refractivity contribution < 1.29 is 0 Å². The van der Waals surface area contributed by atoms with Gasteiger partial charge in [-0.3, -0.25) is 15.4 Å². The second-order valence-corrected chi connectivity index (χ2v) is 4.29. The number of benzene rings is 1. The second-order valence-electron chi connectivity index (χ2n) is 4.29. The Hall–Kier alpha value is -2.04. The van der Waals surface area contributed by atoms with Gasteiger partial charge in [0.05, 0.1) is 36.1 Å². The quantitative estimate of drug-likeness (QED) is 0.850. The third kappa shape index (κ3) is 1.63. The summed E-state index contributed by atoms with van der Waals surface area (Å²) in [6.07, 6.45) is 3.68. The average Bonchev–Trinajstić information content (AvgIpc) is 2.93. The van der Waals surface area contributed by atoms with E-state index >= 15 is 0 Å². The van der Waals surface area contributed by atoms with Gasteiger partial charge in [0.25, 0.3) is 0 Å². The minimum absolute atomic E-state index is 0.859. The molecule has 1 aromatic carbocycles. The summed E-state index contributed by atoms with van der Waals surface area (Å²) in [6.45, 7) is 3.86. The molecule has 88 valence electrons. The molecule has 0 aliphatic carbocycles. The van der Waals surface area contributed by atoms with E-state index in [1.54, 1.807) is 0 Å². The number of nitrogens with zero attached hydrogens (tertiary/aromatic N) is 4. The highest BCUT2D eigenvalue weighted by Crippen LogP contribution is 2.24. The molecule has 2 aromatic rings. The summed E-state index contributed by atoms with van der Waals surface area (Å²) in [5.41, 5.74) is 7.81. The third-order valence-electron chi connectivity index (χ3n) is 3.10.